The van der Waals surface area contributed by atoms with Gasteiger partial charge in [-0.1, -0.05) is 115 Å². The van der Waals surface area contributed by atoms with Crippen molar-refractivity contribution in [3.8, 4) is 17.6 Å². The predicted octanol–water partition coefficient (Wildman–Crippen LogP) is 5.72. The van der Waals surface area contributed by atoms with Crippen LogP contribution in [0.25, 0.3) is 0 Å². The molecule has 0 saturated carbocycles. The Balaban J connectivity index is 1.39. The van der Waals surface area contributed by atoms with Crippen molar-refractivity contribution in [2.45, 2.75) is 49.0 Å². The fourth-order valence-corrected chi connectivity index (χ4v) is 9.55. The summed E-state index contributed by atoms with van der Waals surface area (Å²) in [6, 6.07) is 33.4. The Bertz CT molecular complexity index is 2670. The molecule has 0 bridgehead atoms. The predicted molar refractivity (Wildman–Crippen MR) is 232 cm³/mol. The van der Waals surface area contributed by atoms with Gasteiger partial charge < -0.3 is 30.4 Å². The second-order valence-corrected chi connectivity index (χ2v) is 15.8. The molecule has 14 nitrogen and oxygen atoms in total. The van der Waals surface area contributed by atoms with Crippen LogP contribution in [-0.2, 0) is 43.6 Å². The number of carbonyl (C=O) groups excluding carboxylic acids is 6. The number of rotatable bonds is 9. The number of phenols is 1. The maximum absolute atomic E-state index is 16.1. The first-order valence-electron chi connectivity index (χ1n) is 20.6. The van der Waals surface area contributed by atoms with Gasteiger partial charge in [-0.05, 0) is 65.1 Å². The van der Waals surface area contributed by atoms with Gasteiger partial charge in [-0.3, -0.25) is 28.9 Å². The Kier molecular flexibility index (Phi) is 11.8. The van der Waals surface area contributed by atoms with Gasteiger partial charge in [0.05, 0.1) is 44.0 Å². The Morgan fingerprint density at radius 3 is 1.98 bits per heavy atom. The van der Waals surface area contributed by atoms with Crippen LogP contribution >= 0.6 is 0 Å². The number of morpholine rings is 1. The number of primary amides is 1. The van der Waals surface area contributed by atoms with Gasteiger partial charge in [0.2, 0.25) is 11.8 Å². The highest BCUT2D eigenvalue weighted by Crippen LogP contribution is 2.65. The van der Waals surface area contributed by atoms with Crippen LogP contribution in [0.4, 0.5) is 10.5 Å². The van der Waals surface area contributed by atoms with Crippen molar-refractivity contribution in [2.75, 3.05) is 19.1 Å². The molecule has 3 aliphatic heterocycles. The van der Waals surface area contributed by atoms with Crippen molar-refractivity contribution >= 4 is 41.4 Å². The molecule has 4 amide bonds. The number of urea groups is 1. The number of cyclic esters (lactones) is 1. The number of nitrogens with two attached hydrogens (primary N) is 1. The smallest absolute Gasteiger partial charge is 0.329 e. The van der Waals surface area contributed by atoms with Crippen LogP contribution in [0.1, 0.15) is 71.0 Å². The lowest BCUT2D eigenvalue weighted by Crippen LogP contribution is -2.55. The van der Waals surface area contributed by atoms with Crippen molar-refractivity contribution in [2.24, 2.45) is 17.6 Å². The van der Waals surface area contributed by atoms with E-state index in [0.29, 0.717) is 16.7 Å². The summed E-state index contributed by atoms with van der Waals surface area (Å²) >= 11 is 0. The number of methoxy groups -OCH3 is 2. The van der Waals surface area contributed by atoms with Crippen molar-refractivity contribution in [3.05, 3.63) is 167 Å². The van der Waals surface area contributed by atoms with Crippen molar-refractivity contribution < 1.29 is 48.1 Å². The molecule has 14 heteroatoms. The normalized spacial score (nSPS) is 22.7. The number of imide groups is 1. The van der Waals surface area contributed by atoms with Crippen molar-refractivity contribution in [1.82, 2.24) is 10.2 Å². The van der Waals surface area contributed by atoms with Gasteiger partial charge >= 0.3 is 23.9 Å². The lowest BCUT2D eigenvalue weighted by Gasteiger charge is -2.46. The molecule has 1 spiro atoms. The number of anilines is 1. The number of hydrogen-bond donors (Lipinski definition) is 3. The van der Waals surface area contributed by atoms with Crippen LogP contribution < -0.4 is 16.0 Å². The Morgan fingerprint density at radius 2 is 1.39 bits per heavy atom. The number of benzene rings is 5. The fraction of sp³-hybridized carbons (Fsp3) is 0.240. The van der Waals surface area contributed by atoms with Crippen LogP contribution in [0.2, 0.25) is 0 Å². The van der Waals surface area contributed by atoms with E-state index in [1.807, 2.05) is 95.9 Å². The van der Waals surface area contributed by atoms with Crippen LogP contribution in [0.3, 0.4) is 0 Å². The molecule has 5 aromatic carbocycles. The molecule has 2 saturated heterocycles. The quantitative estimate of drug-likeness (QED) is 0.0711. The first-order valence-corrected chi connectivity index (χ1v) is 20.6. The maximum Gasteiger partial charge on any atom is 0.329 e. The first kappa shape index (κ1) is 42.9. The Hall–Kier alpha value is -7.76. The van der Waals surface area contributed by atoms with E-state index in [2.05, 4.69) is 17.2 Å². The van der Waals surface area contributed by atoms with Gasteiger partial charge in [-0.15, -0.1) is 0 Å². The molecule has 4 N–H and O–H groups in total. The third kappa shape index (κ3) is 7.29. The molecule has 3 aliphatic rings. The second-order valence-electron chi connectivity index (χ2n) is 15.8. The SMILES string of the molecule is COC(=O)C(CC#Cc1ccc2c(c1)[C@]1(C(=O)N2C(=O)N[C@H](C)c2ccccc2)[C@H](C(N)=O)[C@H]2C(=O)O[C@H](c3ccccc3)[C@H](c3ccccc3)N2[C@@H]1c1ccc(O)cc1)C(=O)OC. The average molecular weight is 861 g/mol. The highest BCUT2D eigenvalue weighted by atomic mass is 16.6. The molecule has 64 heavy (non-hydrogen) atoms. The number of aromatic hydroxyl groups is 1. The fourth-order valence-electron chi connectivity index (χ4n) is 9.55. The van der Waals surface area contributed by atoms with E-state index >= 15 is 4.79 Å². The number of esters is 3. The molecule has 0 unspecified atom stereocenters. The molecular formula is C50H44N4O10. The molecule has 8 rings (SSSR count). The summed E-state index contributed by atoms with van der Waals surface area (Å²) in [4.78, 5) is 87.9. The Morgan fingerprint density at radius 1 is 0.797 bits per heavy atom. The first-order chi connectivity index (χ1) is 30.9. The summed E-state index contributed by atoms with van der Waals surface area (Å²) in [6.45, 7) is 1.77. The number of fused-ring (bicyclic) bond motifs is 3. The monoisotopic (exact) mass is 860 g/mol. The van der Waals surface area contributed by atoms with E-state index in [4.69, 9.17) is 19.9 Å². The summed E-state index contributed by atoms with van der Waals surface area (Å²) < 4.78 is 16.0. The minimum atomic E-state index is -2.12. The van der Waals surface area contributed by atoms with Crippen molar-refractivity contribution in [3.63, 3.8) is 0 Å². The van der Waals surface area contributed by atoms with E-state index in [9.17, 15) is 29.1 Å². The number of amides is 4. The number of nitrogens with one attached hydrogen (secondary N) is 1. The zero-order valence-corrected chi connectivity index (χ0v) is 35.0. The van der Waals surface area contributed by atoms with Gasteiger partial charge in [0.25, 0.3) is 0 Å². The second kappa shape index (κ2) is 17.5. The van der Waals surface area contributed by atoms with E-state index in [1.54, 1.807) is 31.2 Å². The largest absolute Gasteiger partial charge is 0.508 e. The summed E-state index contributed by atoms with van der Waals surface area (Å²) in [6.07, 6.45) is -1.24. The molecule has 2 fully saturated rings. The number of ether oxygens (including phenoxy) is 3. The van der Waals surface area contributed by atoms with E-state index in [-0.39, 0.29) is 29.0 Å². The summed E-state index contributed by atoms with van der Waals surface area (Å²) in [7, 11) is 2.28. The lowest BCUT2D eigenvalue weighted by molar-refractivity contribution is -0.178. The summed E-state index contributed by atoms with van der Waals surface area (Å²) in [5.74, 6) is -1.60. The van der Waals surface area contributed by atoms with Gasteiger partial charge in [0.1, 0.15) is 23.3 Å². The molecule has 0 aromatic heterocycles. The minimum absolute atomic E-state index is 0.0811. The van der Waals surface area contributed by atoms with Crippen LogP contribution in [0.5, 0.6) is 5.75 Å². The number of carbonyl (C=O) groups is 6. The zero-order chi connectivity index (χ0) is 45.3. The van der Waals surface area contributed by atoms with E-state index in [0.717, 1.165) is 24.7 Å². The highest BCUT2D eigenvalue weighted by Gasteiger charge is 2.75. The van der Waals surface area contributed by atoms with Crippen molar-refractivity contribution in [1.29, 1.82) is 0 Å². The van der Waals surface area contributed by atoms with E-state index < -0.39 is 83.3 Å². The molecular weight excluding hydrogens is 817 g/mol. The third-order valence-electron chi connectivity index (χ3n) is 12.3. The summed E-state index contributed by atoms with van der Waals surface area (Å²) in [5, 5.41) is 13.5. The number of hydrogen-bond acceptors (Lipinski definition) is 11. The summed E-state index contributed by atoms with van der Waals surface area (Å²) in [5.41, 5.74) is 7.40. The van der Waals surface area contributed by atoms with Crippen LogP contribution in [-0.4, -0.2) is 66.0 Å². The zero-order valence-electron chi connectivity index (χ0n) is 35.0. The molecule has 0 radical (unpaired) electrons. The number of nitrogens with zero attached hydrogens (tertiary/aromatic N) is 2. The topological polar surface area (TPSA) is 195 Å². The van der Waals surface area contributed by atoms with Gasteiger partial charge in [-0.2, -0.15) is 0 Å². The van der Waals surface area contributed by atoms with Gasteiger partial charge in [0.15, 0.2) is 5.92 Å². The van der Waals surface area contributed by atoms with Gasteiger partial charge in [0, 0.05) is 12.0 Å². The molecule has 0 aliphatic carbocycles. The maximum atomic E-state index is 16.1. The number of phenolic OH excluding ortho intramolecular Hbond substituents is 1. The molecule has 7 atom stereocenters. The standard InChI is InChI=1S/C50H44N4O10/c1-29(31-15-7-4-8-16-31)52-49(61)53-38-27-22-30(14-13-21-36(45(57)62-2)46(58)63-3)28-37(38)50(48(53)60)39(44(51)56)41-47(59)64-42(33-19-11-6-12-20-33)40(32-17-9-5-10-18-32)54(41)43(50)34-23-25-35(55)26-24-34/h4-12,15-20,22-29,36,39-43,55H,21H2,1-3H3,(H2,51,56)(H,52,61)/t29-,39+,40+,41+,42-,43-,50+/m1/s1. The Labute approximate surface area is 368 Å². The lowest BCUT2D eigenvalue weighted by atomic mass is 9.65. The minimum Gasteiger partial charge on any atom is -0.508 e. The average Bonchev–Trinajstić information content (AvgIpc) is 3.77. The molecule has 5 aromatic rings. The highest BCUT2D eigenvalue weighted by molar-refractivity contribution is 6.24. The van der Waals surface area contributed by atoms with Crippen LogP contribution in [0, 0.1) is 23.7 Å². The van der Waals surface area contributed by atoms with E-state index in [1.165, 1.54) is 18.2 Å². The van der Waals surface area contributed by atoms with Crippen LogP contribution in [0.15, 0.2) is 133 Å². The molecule has 324 valence electrons. The van der Waals surface area contributed by atoms with Gasteiger partial charge in [-0.25, -0.2) is 9.69 Å². The third-order valence-corrected chi connectivity index (χ3v) is 12.3. The molecule has 3 heterocycles.